The molecule has 1 heterocycles. The molecule has 0 unspecified atom stereocenters. The normalized spacial score (nSPS) is 11.5. The molecular formula is C27H14N2O2. The maximum atomic E-state index is 11.6. The van der Waals surface area contributed by atoms with Gasteiger partial charge in [-0.2, -0.15) is 0 Å². The lowest BCUT2D eigenvalue weighted by atomic mass is 9.89. The van der Waals surface area contributed by atoms with Crippen LogP contribution in [0.15, 0.2) is 78.9 Å². The van der Waals surface area contributed by atoms with Crippen LogP contribution in [0.2, 0.25) is 0 Å². The van der Waals surface area contributed by atoms with Crippen LogP contribution < -0.4 is 0 Å². The van der Waals surface area contributed by atoms with Gasteiger partial charge in [-0.1, -0.05) is 72.7 Å². The van der Waals surface area contributed by atoms with Gasteiger partial charge in [-0.05, 0) is 49.5 Å². The molecule has 0 aliphatic carbocycles. The average molecular weight is 398 g/mol. The Labute approximate surface area is 177 Å². The van der Waals surface area contributed by atoms with Gasteiger partial charge >= 0.3 is 0 Å². The summed E-state index contributed by atoms with van der Waals surface area (Å²) in [5.74, 6) is 2.56. The van der Waals surface area contributed by atoms with Gasteiger partial charge in [-0.25, -0.2) is 4.98 Å². The number of hydrogen-bond acceptors (Lipinski definition) is 3. The first-order valence-electron chi connectivity index (χ1n) is 9.87. The Kier molecular flexibility index (Phi) is 3.50. The van der Waals surface area contributed by atoms with Crippen LogP contribution in [-0.2, 0) is 0 Å². The van der Waals surface area contributed by atoms with E-state index >= 15 is 0 Å². The fraction of sp³-hybridized carbons (Fsp3) is 0. The first-order valence-corrected chi connectivity index (χ1v) is 9.87. The minimum absolute atomic E-state index is 0.0476. The van der Waals surface area contributed by atoms with Gasteiger partial charge < -0.3 is 0 Å². The third kappa shape index (κ3) is 2.41. The lowest BCUT2D eigenvalue weighted by Gasteiger charge is -2.15. The van der Waals surface area contributed by atoms with Gasteiger partial charge in [0, 0.05) is 11.5 Å². The summed E-state index contributed by atoms with van der Waals surface area (Å²) in [6, 6.07) is 25.9. The Morgan fingerprint density at radius 3 is 2.19 bits per heavy atom. The number of rotatable bonds is 2. The van der Waals surface area contributed by atoms with Crippen molar-refractivity contribution in [3.63, 3.8) is 0 Å². The zero-order valence-electron chi connectivity index (χ0n) is 16.3. The first kappa shape index (κ1) is 17.4. The number of nitrogens with zero attached hydrogens (tertiary/aromatic N) is 2. The van der Waals surface area contributed by atoms with E-state index in [4.69, 9.17) is 6.42 Å². The molecule has 0 atom stereocenters. The van der Waals surface area contributed by atoms with Crippen molar-refractivity contribution in [3.8, 4) is 23.5 Å². The predicted molar refractivity (Wildman–Crippen MR) is 125 cm³/mol. The second-order valence-electron chi connectivity index (χ2n) is 7.60. The van der Waals surface area contributed by atoms with Crippen molar-refractivity contribution in [1.82, 2.24) is 4.98 Å². The number of hydrogen-bond donors (Lipinski definition) is 0. The number of terminal acetylenes is 1. The maximum absolute atomic E-state index is 11.6. The molecule has 1 aromatic heterocycles. The highest BCUT2D eigenvalue weighted by molar-refractivity contribution is 6.26. The van der Waals surface area contributed by atoms with Gasteiger partial charge in [-0.3, -0.25) is 10.1 Å². The third-order valence-electron chi connectivity index (χ3n) is 5.98. The number of nitro benzene ring substituents is 1. The van der Waals surface area contributed by atoms with Gasteiger partial charge in [-0.15, -0.1) is 6.42 Å². The standard InChI is InChI=1S/C27H14N2O2/c1-2-19-15-23(22-7-4-8-24(29(30)31)27(22)28-19)20-13-11-18-10-9-16-5-3-6-17-12-14-21(20)26(18)25(16)17/h1,3-15H. The molecule has 0 bridgehead atoms. The molecule has 5 aromatic carbocycles. The van der Waals surface area contributed by atoms with Crippen LogP contribution in [0.25, 0.3) is 54.3 Å². The molecule has 144 valence electrons. The molecule has 6 aromatic rings. The molecule has 31 heavy (non-hydrogen) atoms. The number of non-ortho nitro benzene ring substituents is 1. The molecule has 0 saturated heterocycles. The smallest absolute Gasteiger partial charge is 0.258 e. The minimum Gasteiger partial charge on any atom is -0.258 e. The SMILES string of the molecule is C#Cc1cc(-c2ccc3ccc4cccc5ccc2c3c45)c2cccc([N+](=O)[O-])c2n1. The molecule has 0 amide bonds. The van der Waals surface area contributed by atoms with Crippen molar-refractivity contribution >= 4 is 48.9 Å². The fourth-order valence-electron chi connectivity index (χ4n) is 4.65. The van der Waals surface area contributed by atoms with Crippen LogP contribution in [0.4, 0.5) is 5.69 Å². The molecule has 0 saturated carbocycles. The zero-order valence-corrected chi connectivity index (χ0v) is 16.3. The van der Waals surface area contributed by atoms with Crippen LogP contribution in [0.3, 0.4) is 0 Å². The molecular weight excluding hydrogens is 384 g/mol. The Hall–Kier alpha value is -4.49. The highest BCUT2D eigenvalue weighted by atomic mass is 16.6. The second kappa shape index (κ2) is 6.25. The Balaban J connectivity index is 1.80. The van der Waals surface area contributed by atoms with Crippen LogP contribution in [0.1, 0.15) is 5.69 Å². The van der Waals surface area contributed by atoms with Crippen LogP contribution in [-0.4, -0.2) is 9.91 Å². The average Bonchev–Trinajstić information content (AvgIpc) is 2.81. The second-order valence-corrected chi connectivity index (χ2v) is 7.60. The van der Waals surface area contributed by atoms with Gasteiger partial charge in [0.25, 0.3) is 5.69 Å². The number of pyridine rings is 1. The summed E-state index contributed by atoms with van der Waals surface area (Å²) in [5.41, 5.74) is 2.47. The zero-order chi connectivity index (χ0) is 21.1. The molecule has 0 radical (unpaired) electrons. The number of nitro groups is 1. The summed E-state index contributed by atoms with van der Waals surface area (Å²) in [7, 11) is 0. The predicted octanol–water partition coefficient (Wildman–Crippen LogP) is 6.69. The van der Waals surface area contributed by atoms with Gasteiger partial charge in [0.05, 0.1) is 4.92 Å². The number of para-hydroxylation sites is 1. The summed E-state index contributed by atoms with van der Waals surface area (Å²) < 4.78 is 0. The highest BCUT2D eigenvalue weighted by Crippen LogP contribution is 2.41. The van der Waals surface area contributed by atoms with E-state index in [1.54, 1.807) is 6.07 Å². The monoisotopic (exact) mass is 398 g/mol. The van der Waals surface area contributed by atoms with Crippen LogP contribution >= 0.6 is 0 Å². The van der Waals surface area contributed by atoms with Gasteiger partial charge in [0.15, 0.2) is 0 Å². The molecule has 0 spiro atoms. The van der Waals surface area contributed by atoms with E-state index in [-0.39, 0.29) is 5.69 Å². The van der Waals surface area contributed by atoms with E-state index in [0.717, 1.165) is 21.9 Å². The molecule has 0 aliphatic heterocycles. The van der Waals surface area contributed by atoms with Crippen molar-refractivity contribution in [2.75, 3.05) is 0 Å². The summed E-state index contributed by atoms with van der Waals surface area (Å²) in [6.45, 7) is 0. The van der Waals surface area contributed by atoms with E-state index in [1.807, 2.05) is 12.1 Å². The molecule has 4 heteroatoms. The van der Waals surface area contributed by atoms with E-state index < -0.39 is 4.92 Å². The maximum Gasteiger partial charge on any atom is 0.295 e. The Morgan fingerprint density at radius 1 is 0.774 bits per heavy atom. The quantitative estimate of drug-likeness (QED) is 0.141. The van der Waals surface area contributed by atoms with Crippen molar-refractivity contribution in [2.45, 2.75) is 0 Å². The topological polar surface area (TPSA) is 56.0 Å². The number of fused-ring (bicyclic) bond motifs is 1. The fourth-order valence-corrected chi connectivity index (χ4v) is 4.65. The van der Waals surface area contributed by atoms with Crippen molar-refractivity contribution in [3.05, 3.63) is 94.7 Å². The lowest BCUT2D eigenvalue weighted by Crippen LogP contribution is -1.96. The van der Waals surface area contributed by atoms with Gasteiger partial charge in [0.1, 0.15) is 11.2 Å². The molecule has 6 rings (SSSR count). The Morgan fingerprint density at radius 2 is 1.45 bits per heavy atom. The molecule has 0 fully saturated rings. The van der Waals surface area contributed by atoms with Crippen LogP contribution in [0.5, 0.6) is 0 Å². The molecule has 4 nitrogen and oxygen atoms in total. The van der Waals surface area contributed by atoms with Crippen LogP contribution in [0, 0.1) is 22.5 Å². The van der Waals surface area contributed by atoms with Crippen molar-refractivity contribution in [1.29, 1.82) is 0 Å². The van der Waals surface area contributed by atoms with Crippen molar-refractivity contribution < 1.29 is 4.92 Å². The largest absolute Gasteiger partial charge is 0.295 e. The van der Waals surface area contributed by atoms with E-state index in [0.29, 0.717) is 16.6 Å². The van der Waals surface area contributed by atoms with Crippen molar-refractivity contribution in [2.24, 2.45) is 0 Å². The summed E-state index contributed by atoms with van der Waals surface area (Å²) in [4.78, 5) is 15.6. The summed E-state index contributed by atoms with van der Waals surface area (Å²) >= 11 is 0. The summed E-state index contributed by atoms with van der Waals surface area (Å²) in [5, 5.41) is 19.4. The summed E-state index contributed by atoms with van der Waals surface area (Å²) in [6.07, 6.45) is 5.66. The Bertz CT molecular complexity index is 1710. The first-order chi connectivity index (χ1) is 15.2. The number of benzene rings is 5. The number of aromatic nitrogens is 1. The minimum atomic E-state index is -0.413. The van der Waals surface area contributed by atoms with E-state index in [9.17, 15) is 10.1 Å². The molecule has 0 N–H and O–H groups in total. The molecule has 0 aliphatic rings. The van der Waals surface area contributed by atoms with E-state index in [1.165, 1.54) is 27.6 Å². The lowest BCUT2D eigenvalue weighted by molar-refractivity contribution is -0.383. The third-order valence-corrected chi connectivity index (χ3v) is 5.98. The highest BCUT2D eigenvalue weighted by Gasteiger charge is 2.19. The van der Waals surface area contributed by atoms with Gasteiger partial charge in [0.2, 0.25) is 0 Å². The van der Waals surface area contributed by atoms with E-state index in [2.05, 4.69) is 65.5 Å².